The molecular formula is C19H16BrN5O4. The molecule has 0 saturated heterocycles. The number of nitrogens with one attached hydrogen (secondary N) is 2. The van der Waals surface area contributed by atoms with Gasteiger partial charge in [-0.25, -0.2) is 4.68 Å². The SMILES string of the molecule is Cc1cc(NC(=O)CNC(=O)c2ccn(-c3cccc([N+](=O)[O-])c3)n2)ccc1Br. The number of aryl methyl sites for hydroxylation is 1. The van der Waals surface area contributed by atoms with Crippen LogP contribution in [-0.4, -0.2) is 33.1 Å². The molecule has 2 aromatic carbocycles. The number of aromatic nitrogens is 2. The van der Waals surface area contributed by atoms with Crippen LogP contribution >= 0.6 is 15.9 Å². The van der Waals surface area contributed by atoms with Crippen molar-refractivity contribution in [2.75, 3.05) is 11.9 Å². The highest BCUT2D eigenvalue weighted by Gasteiger charge is 2.13. The number of anilines is 1. The van der Waals surface area contributed by atoms with Crippen LogP contribution in [-0.2, 0) is 4.79 Å². The minimum atomic E-state index is -0.531. The topological polar surface area (TPSA) is 119 Å². The maximum absolute atomic E-state index is 12.2. The molecule has 0 bridgehead atoms. The Morgan fingerprint density at radius 2 is 2.00 bits per heavy atom. The van der Waals surface area contributed by atoms with Crippen molar-refractivity contribution in [1.29, 1.82) is 0 Å². The zero-order valence-electron chi connectivity index (χ0n) is 15.3. The van der Waals surface area contributed by atoms with Crippen LogP contribution in [0.15, 0.2) is 59.2 Å². The van der Waals surface area contributed by atoms with E-state index in [0.29, 0.717) is 11.4 Å². The predicted octanol–water partition coefficient (Wildman–Crippen LogP) is 3.22. The molecule has 9 nitrogen and oxygen atoms in total. The summed E-state index contributed by atoms with van der Waals surface area (Å²) in [4.78, 5) is 34.7. The van der Waals surface area contributed by atoms with Crippen molar-refractivity contribution >= 4 is 39.1 Å². The van der Waals surface area contributed by atoms with E-state index >= 15 is 0 Å². The maximum Gasteiger partial charge on any atom is 0.272 e. The number of nitrogens with zero attached hydrogens (tertiary/aromatic N) is 3. The Morgan fingerprint density at radius 3 is 2.72 bits per heavy atom. The van der Waals surface area contributed by atoms with Gasteiger partial charge in [0.05, 0.1) is 17.2 Å². The molecule has 0 aliphatic carbocycles. The first-order valence-corrected chi connectivity index (χ1v) is 9.27. The molecule has 0 saturated carbocycles. The first kappa shape index (κ1) is 20.2. The molecule has 0 aliphatic heterocycles. The molecule has 0 spiro atoms. The molecule has 0 radical (unpaired) electrons. The van der Waals surface area contributed by atoms with Gasteiger partial charge >= 0.3 is 0 Å². The van der Waals surface area contributed by atoms with Gasteiger partial charge in [-0.2, -0.15) is 5.10 Å². The Labute approximate surface area is 174 Å². The molecule has 0 fully saturated rings. The van der Waals surface area contributed by atoms with E-state index in [-0.39, 0.29) is 23.8 Å². The quantitative estimate of drug-likeness (QED) is 0.434. The monoisotopic (exact) mass is 457 g/mol. The van der Waals surface area contributed by atoms with Gasteiger partial charge in [-0.3, -0.25) is 19.7 Å². The number of nitro benzene ring substituents is 1. The first-order valence-electron chi connectivity index (χ1n) is 8.48. The van der Waals surface area contributed by atoms with Crippen molar-refractivity contribution in [2.45, 2.75) is 6.92 Å². The highest BCUT2D eigenvalue weighted by Crippen LogP contribution is 2.20. The van der Waals surface area contributed by atoms with E-state index in [1.807, 2.05) is 19.1 Å². The number of hydrogen-bond donors (Lipinski definition) is 2. The highest BCUT2D eigenvalue weighted by molar-refractivity contribution is 9.10. The summed E-state index contributed by atoms with van der Waals surface area (Å²) in [5, 5.41) is 20.2. The lowest BCUT2D eigenvalue weighted by molar-refractivity contribution is -0.384. The zero-order valence-corrected chi connectivity index (χ0v) is 16.8. The van der Waals surface area contributed by atoms with Gasteiger partial charge < -0.3 is 10.6 Å². The van der Waals surface area contributed by atoms with Gasteiger partial charge in [0.25, 0.3) is 11.6 Å². The largest absolute Gasteiger partial charge is 0.342 e. The lowest BCUT2D eigenvalue weighted by Gasteiger charge is -2.08. The van der Waals surface area contributed by atoms with Crippen molar-refractivity contribution in [3.05, 3.63) is 80.6 Å². The second-order valence-electron chi connectivity index (χ2n) is 6.12. The minimum absolute atomic E-state index is 0.0798. The number of benzene rings is 2. The smallest absolute Gasteiger partial charge is 0.272 e. The Balaban J connectivity index is 1.60. The van der Waals surface area contributed by atoms with Crippen LogP contribution in [0.25, 0.3) is 5.69 Å². The van der Waals surface area contributed by atoms with Crippen molar-refractivity contribution in [1.82, 2.24) is 15.1 Å². The molecule has 2 N–H and O–H groups in total. The van der Waals surface area contributed by atoms with Crippen LogP contribution in [0.5, 0.6) is 0 Å². The van der Waals surface area contributed by atoms with Crippen molar-refractivity contribution in [3.8, 4) is 5.69 Å². The summed E-state index contributed by atoms with van der Waals surface area (Å²) >= 11 is 3.39. The third kappa shape index (κ3) is 5.05. The average Bonchev–Trinajstić information content (AvgIpc) is 3.19. The summed E-state index contributed by atoms with van der Waals surface area (Å²) in [5.41, 5.74) is 2.05. The second-order valence-corrected chi connectivity index (χ2v) is 6.97. The summed E-state index contributed by atoms with van der Waals surface area (Å²) < 4.78 is 2.29. The van der Waals surface area contributed by atoms with Gasteiger partial charge in [-0.15, -0.1) is 0 Å². The van der Waals surface area contributed by atoms with Crippen LogP contribution in [0.2, 0.25) is 0 Å². The van der Waals surface area contributed by atoms with Gasteiger partial charge in [0, 0.05) is 28.5 Å². The molecular weight excluding hydrogens is 442 g/mol. The lowest BCUT2D eigenvalue weighted by Crippen LogP contribution is -2.33. The molecule has 10 heteroatoms. The minimum Gasteiger partial charge on any atom is -0.342 e. The molecule has 0 atom stereocenters. The van der Waals surface area contributed by atoms with E-state index in [0.717, 1.165) is 10.0 Å². The Hall–Kier alpha value is -3.53. The number of carbonyl (C=O) groups is 2. The first-order chi connectivity index (χ1) is 13.8. The standard InChI is InChI=1S/C19H16BrN5O4/c1-12-9-13(5-6-16(12)20)22-18(26)11-21-19(27)17-7-8-24(23-17)14-3-2-4-15(10-14)25(28)29/h2-10H,11H2,1H3,(H,21,27)(H,22,26). The Bertz CT molecular complexity index is 1100. The zero-order chi connectivity index (χ0) is 21.0. The second kappa shape index (κ2) is 8.65. The van der Waals surface area contributed by atoms with E-state index < -0.39 is 10.8 Å². The van der Waals surface area contributed by atoms with Crippen LogP contribution in [0.4, 0.5) is 11.4 Å². The summed E-state index contributed by atoms with van der Waals surface area (Å²) in [6.45, 7) is 1.68. The number of rotatable bonds is 6. The fraction of sp³-hybridized carbons (Fsp3) is 0.105. The van der Waals surface area contributed by atoms with E-state index in [2.05, 4.69) is 31.7 Å². The number of hydrogen-bond acceptors (Lipinski definition) is 5. The summed E-state index contributed by atoms with van der Waals surface area (Å²) in [5.74, 6) is -0.908. The third-order valence-corrected chi connectivity index (χ3v) is 4.87. The number of amides is 2. The molecule has 1 heterocycles. The number of nitro groups is 1. The summed E-state index contributed by atoms with van der Waals surface area (Å²) in [7, 11) is 0. The molecule has 3 rings (SSSR count). The molecule has 3 aromatic rings. The van der Waals surface area contributed by atoms with Crippen molar-refractivity contribution < 1.29 is 14.5 Å². The summed E-state index contributed by atoms with van der Waals surface area (Å²) in [6.07, 6.45) is 1.51. The van der Waals surface area contributed by atoms with Gasteiger partial charge in [0.15, 0.2) is 5.69 Å². The van der Waals surface area contributed by atoms with Gasteiger partial charge in [0.2, 0.25) is 5.91 Å². The van der Waals surface area contributed by atoms with Crippen molar-refractivity contribution in [2.24, 2.45) is 0 Å². The van der Waals surface area contributed by atoms with E-state index in [9.17, 15) is 19.7 Å². The number of halogens is 1. The Morgan fingerprint density at radius 1 is 1.21 bits per heavy atom. The Kier molecular flexibility index (Phi) is 6.03. The van der Waals surface area contributed by atoms with E-state index in [1.165, 1.54) is 35.1 Å². The normalized spacial score (nSPS) is 10.4. The fourth-order valence-corrected chi connectivity index (χ4v) is 2.76. The summed E-state index contributed by atoms with van der Waals surface area (Å²) in [6, 6.07) is 12.7. The highest BCUT2D eigenvalue weighted by atomic mass is 79.9. The van der Waals surface area contributed by atoms with Crippen molar-refractivity contribution in [3.63, 3.8) is 0 Å². The molecule has 1 aromatic heterocycles. The van der Waals surface area contributed by atoms with Crippen LogP contribution in [0.1, 0.15) is 16.1 Å². The molecule has 2 amide bonds. The molecule has 0 aliphatic rings. The predicted molar refractivity (Wildman–Crippen MR) is 110 cm³/mol. The van der Waals surface area contributed by atoms with Crippen LogP contribution < -0.4 is 10.6 Å². The molecule has 148 valence electrons. The van der Waals surface area contributed by atoms with Gasteiger partial charge in [-0.1, -0.05) is 22.0 Å². The van der Waals surface area contributed by atoms with Crippen LogP contribution in [0.3, 0.4) is 0 Å². The molecule has 0 unspecified atom stereocenters. The van der Waals surface area contributed by atoms with E-state index in [1.54, 1.807) is 12.1 Å². The average molecular weight is 458 g/mol. The third-order valence-electron chi connectivity index (χ3n) is 3.98. The fourth-order valence-electron chi connectivity index (χ4n) is 2.52. The van der Waals surface area contributed by atoms with Crippen LogP contribution in [0, 0.1) is 17.0 Å². The molecule has 29 heavy (non-hydrogen) atoms. The van der Waals surface area contributed by atoms with Gasteiger partial charge in [0.1, 0.15) is 0 Å². The van der Waals surface area contributed by atoms with Gasteiger partial charge in [-0.05, 0) is 42.8 Å². The number of non-ortho nitro benzene ring substituents is 1. The lowest BCUT2D eigenvalue weighted by atomic mass is 10.2. The number of carbonyl (C=O) groups excluding carboxylic acids is 2. The van der Waals surface area contributed by atoms with E-state index in [4.69, 9.17) is 0 Å². The maximum atomic E-state index is 12.2.